The van der Waals surface area contributed by atoms with Crippen LogP contribution in [0.5, 0.6) is 0 Å². The Kier molecular flexibility index (Phi) is 4.17. The van der Waals surface area contributed by atoms with Gasteiger partial charge in [-0.2, -0.15) is 9.99 Å². The minimum Gasteiger partial charge on any atom is -0.377 e. The molecule has 0 aliphatic carbocycles. The first-order chi connectivity index (χ1) is 12.1. The second-order valence-electron chi connectivity index (χ2n) is 5.92. The van der Waals surface area contributed by atoms with Crippen LogP contribution in [0.15, 0.2) is 30.6 Å². The molecule has 0 bridgehead atoms. The summed E-state index contributed by atoms with van der Waals surface area (Å²) >= 11 is 0. The number of hydrogen-bond acceptors (Lipinski definition) is 6. The molecule has 1 fully saturated rings. The van der Waals surface area contributed by atoms with Gasteiger partial charge in [0.15, 0.2) is 0 Å². The van der Waals surface area contributed by atoms with Crippen LogP contribution < -0.4 is 10.2 Å². The Morgan fingerprint density at radius 2 is 2.28 bits per heavy atom. The predicted octanol–water partition coefficient (Wildman–Crippen LogP) is 1.60. The van der Waals surface area contributed by atoms with Crippen molar-refractivity contribution in [3.05, 3.63) is 30.6 Å². The number of anilines is 1. The van der Waals surface area contributed by atoms with Crippen LogP contribution in [0.2, 0.25) is 0 Å². The lowest BCUT2D eigenvalue weighted by atomic mass is 10.1. The number of morpholine rings is 1. The number of H-pyrrole nitrogens is 1. The maximum atomic E-state index is 12.0. The van der Waals surface area contributed by atoms with Gasteiger partial charge in [-0.3, -0.25) is 10.1 Å². The zero-order chi connectivity index (χ0) is 17.4. The number of nitrogens with zero attached hydrogens (tertiary/aromatic N) is 4. The summed E-state index contributed by atoms with van der Waals surface area (Å²) in [5.74, 6) is 0.657. The highest BCUT2D eigenvalue weighted by atomic mass is 31.1. The number of fused-ring (bicyclic) bond motifs is 1. The molecule has 1 unspecified atom stereocenters. The smallest absolute Gasteiger partial charge is 0.377 e. The first kappa shape index (κ1) is 16.1. The Labute approximate surface area is 144 Å². The molecule has 0 spiro atoms. The average molecular weight is 358 g/mol. The third kappa shape index (κ3) is 2.89. The fourth-order valence-corrected chi connectivity index (χ4v) is 3.69. The number of hydrogen-bond donors (Lipinski definition) is 2. The van der Waals surface area contributed by atoms with Crippen LogP contribution in [0.25, 0.3) is 22.3 Å². The van der Waals surface area contributed by atoms with E-state index in [1.54, 1.807) is 30.6 Å². The zero-order valence-electron chi connectivity index (χ0n) is 13.6. The van der Waals surface area contributed by atoms with Crippen LogP contribution in [-0.4, -0.2) is 50.9 Å². The van der Waals surface area contributed by atoms with E-state index in [9.17, 15) is 9.46 Å². The SMILES string of the molecule is C[C@@H]1COCCN1c1cc([P+](=O)O)c2ccnc(-c3ccn[nH]3)c2n1. The standard InChI is InChI=1S/C16H16N5O3P/c1-10-9-24-7-6-21(10)14-8-13(25(22)23)11-2-4-17-16(15(11)19-14)12-3-5-18-20-12/h2-5,8,10H,6-7,9H2,1H3,(H-,18,20,22,23)/p+1/t10-/m1/s1. The molecule has 25 heavy (non-hydrogen) atoms. The normalized spacial score (nSPS) is 18.6. The number of aromatic amines is 1. The minimum absolute atomic E-state index is 0.135. The van der Waals surface area contributed by atoms with Crippen LogP contribution in [0.3, 0.4) is 0 Å². The molecule has 1 saturated heterocycles. The lowest BCUT2D eigenvalue weighted by molar-refractivity contribution is 0.0986. The largest absolute Gasteiger partial charge is 0.546 e. The van der Waals surface area contributed by atoms with Gasteiger partial charge in [-0.1, -0.05) is 0 Å². The van der Waals surface area contributed by atoms with Crippen LogP contribution >= 0.6 is 8.03 Å². The second-order valence-corrected chi connectivity index (χ2v) is 6.94. The van der Waals surface area contributed by atoms with Crippen molar-refractivity contribution >= 4 is 30.1 Å². The predicted molar refractivity (Wildman–Crippen MR) is 94.2 cm³/mol. The lowest BCUT2D eigenvalue weighted by Crippen LogP contribution is -2.44. The molecule has 0 radical (unpaired) electrons. The molecular weight excluding hydrogens is 341 g/mol. The van der Waals surface area contributed by atoms with Crippen molar-refractivity contribution in [2.45, 2.75) is 13.0 Å². The van der Waals surface area contributed by atoms with Gasteiger partial charge in [0.1, 0.15) is 17.0 Å². The lowest BCUT2D eigenvalue weighted by Gasteiger charge is -2.34. The number of aromatic nitrogens is 4. The van der Waals surface area contributed by atoms with Crippen molar-refractivity contribution in [3.63, 3.8) is 0 Å². The third-order valence-corrected chi connectivity index (χ3v) is 5.10. The van der Waals surface area contributed by atoms with E-state index in [0.717, 1.165) is 0 Å². The van der Waals surface area contributed by atoms with Crippen LogP contribution in [0.4, 0.5) is 5.82 Å². The molecule has 3 aromatic rings. The number of ether oxygens (including phenoxy) is 1. The highest BCUT2D eigenvalue weighted by Gasteiger charge is 2.28. The van der Waals surface area contributed by atoms with E-state index in [4.69, 9.17) is 9.72 Å². The summed E-state index contributed by atoms with van der Waals surface area (Å²) in [6.45, 7) is 3.93. The molecule has 4 heterocycles. The van der Waals surface area contributed by atoms with E-state index >= 15 is 0 Å². The average Bonchev–Trinajstić information content (AvgIpc) is 3.15. The van der Waals surface area contributed by atoms with Gasteiger partial charge in [-0.25, -0.2) is 4.98 Å². The van der Waals surface area contributed by atoms with Crippen molar-refractivity contribution in [3.8, 4) is 11.4 Å². The summed E-state index contributed by atoms with van der Waals surface area (Å²) in [6, 6.07) is 5.34. The topological polar surface area (TPSA) is 104 Å². The maximum absolute atomic E-state index is 12.0. The highest BCUT2D eigenvalue weighted by molar-refractivity contribution is 7.48. The first-order valence-corrected chi connectivity index (χ1v) is 9.16. The van der Waals surface area contributed by atoms with E-state index < -0.39 is 8.03 Å². The molecule has 2 N–H and O–H groups in total. The van der Waals surface area contributed by atoms with Gasteiger partial charge in [0, 0.05) is 25.0 Å². The molecule has 0 aromatic carbocycles. The number of rotatable bonds is 3. The van der Waals surface area contributed by atoms with Gasteiger partial charge in [0.25, 0.3) is 0 Å². The van der Waals surface area contributed by atoms with Gasteiger partial charge in [-0.15, -0.1) is 0 Å². The van der Waals surface area contributed by atoms with Crippen molar-refractivity contribution in [1.82, 2.24) is 20.2 Å². The quantitative estimate of drug-likeness (QED) is 0.685. The van der Waals surface area contributed by atoms with Crippen molar-refractivity contribution < 1.29 is 14.2 Å². The minimum atomic E-state index is -2.52. The summed E-state index contributed by atoms with van der Waals surface area (Å²) in [7, 11) is -2.52. The summed E-state index contributed by atoms with van der Waals surface area (Å²) in [5.41, 5.74) is 1.90. The van der Waals surface area contributed by atoms with E-state index in [1.165, 1.54) is 0 Å². The van der Waals surface area contributed by atoms with Crippen LogP contribution in [0, 0.1) is 0 Å². The molecule has 128 valence electrons. The van der Waals surface area contributed by atoms with Crippen LogP contribution in [-0.2, 0) is 9.30 Å². The van der Waals surface area contributed by atoms with Gasteiger partial charge in [0.05, 0.1) is 30.3 Å². The molecule has 2 atom stereocenters. The fourth-order valence-electron chi connectivity index (χ4n) is 3.08. The first-order valence-electron chi connectivity index (χ1n) is 7.95. The fraction of sp³-hybridized carbons (Fsp3) is 0.312. The molecular formula is C16H17N5O3P+. The van der Waals surface area contributed by atoms with Crippen molar-refractivity contribution in [1.29, 1.82) is 0 Å². The van der Waals surface area contributed by atoms with Crippen molar-refractivity contribution in [2.24, 2.45) is 0 Å². The van der Waals surface area contributed by atoms with Gasteiger partial charge < -0.3 is 9.64 Å². The summed E-state index contributed by atoms with van der Waals surface area (Å²) < 4.78 is 17.4. The van der Waals surface area contributed by atoms with Gasteiger partial charge >= 0.3 is 8.03 Å². The molecule has 9 heteroatoms. The maximum Gasteiger partial charge on any atom is 0.546 e. The molecule has 1 aliphatic heterocycles. The second kappa shape index (κ2) is 6.48. The molecule has 0 saturated carbocycles. The van der Waals surface area contributed by atoms with Crippen LogP contribution in [0.1, 0.15) is 6.92 Å². The van der Waals surface area contributed by atoms with Gasteiger partial charge in [0.2, 0.25) is 5.30 Å². The van der Waals surface area contributed by atoms with E-state index in [0.29, 0.717) is 53.2 Å². The molecule has 8 nitrogen and oxygen atoms in total. The Morgan fingerprint density at radius 1 is 1.40 bits per heavy atom. The van der Waals surface area contributed by atoms with E-state index in [2.05, 4.69) is 20.1 Å². The van der Waals surface area contributed by atoms with Crippen molar-refractivity contribution in [2.75, 3.05) is 24.7 Å². The summed E-state index contributed by atoms with van der Waals surface area (Å²) in [6.07, 6.45) is 3.25. The summed E-state index contributed by atoms with van der Waals surface area (Å²) in [4.78, 5) is 21.1. The molecule has 3 aromatic heterocycles. The molecule has 1 aliphatic rings. The Morgan fingerprint density at radius 3 is 3.00 bits per heavy atom. The summed E-state index contributed by atoms with van der Waals surface area (Å²) in [5, 5.41) is 7.82. The molecule has 0 amide bonds. The molecule has 4 rings (SSSR count). The third-order valence-electron chi connectivity index (χ3n) is 4.32. The van der Waals surface area contributed by atoms with E-state index in [1.807, 2.05) is 6.92 Å². The highest BCUT2D eigenvalue weighted by Crippen LogP contribution is 2.30. The Balaban J connectivity index is 1.96. The monoisotopic (exact) mass is 358 g/mol. The Bertz CT molecular complexity index is 931. The Hall–Kier alpha value is -2.41. The number of nitrogens with one attached hydrogen (secondary N) is 1. The zero-order valence-corrected chi connectivity index (χ0v) is 14.5. The number of pyridine rings is 2. The van der Waals surface area contributed by atoms with E-state index in [-0.39, 0.29) is 6.04 Å². The van der Waals surface area contributed by atoms with Gasteiger partial charge in [-0.05, 0) is 23.6 Å².